The van der Waals surface area contributed by atoms with Gasteiger partial charge in [0.2, 0.25) is 0 Å². The van der Waals surface area contributed by atoms with Crippen LogP contribution in [0.15, 0.2) is 29.3 Å². The molecule has 1 rings (SSSR count). The van der Waals surface area contributed by atoms with Gasteiger partial charge in [-0.1, -0.05) is 29.8 Å². The van der Waals surface area contributed by atoms with Crippen LogP contribution in [0.2, 0.25) is 0 Å². The predicted octanol–water partition coefficient (Wildman–Crippen LogP) is 2.22. The molecule has 0 heterocycles. The Morgan fingerprint density at radius 1 is 1.50 bits per heavy atom. The molecule has 1 N–H and O–H groups in total. The Balaban J connectivity index is 3.05. The van der Waals surface area contributed by atoms with E-state index >= 15 is 0 Å². The second-order valence-electron chi connectivity index (χ2n) is 2.87. The molecule has 72 valence electrons. The van der Waals surface area contributed by atoms with E-state index in [9.17, 15) is 4.79 Å². The molecule has 0 aliphatic heterocycles. The fraction of sp³-hybridized carbons (Fsp3) is 0.200. The van der Waals surface area contributed by atoms with Crippen molar-refractivity contribution >= 4 is 23.3 Å². The fourth-order valence-corrected chi connectivity index (χ4v) is 1.18. The van der Waals surface area contributed by atoms with E-state index in [0.29, 0.717) is 5.56 Å². The Hall–Kier alpha value is -1.51. The molecule has 0 aromatic heterocycles. The molecule has 1 atom stereocenters. The predicted molar refractivity (Wildman–Crippen MR) is 56.6 cm³/mol. The van der Waals surface area contributed by atoms with Gasteiger partial charge in [0, 0.05) is 0 Å². The summed E-state index contributed by atoms with van der Waals surface area (Å²) in [7, 11) is 0. The van der Waals surface area contributed by atoms with Gasteiger partial charge in [-0.3, -0.25) is 0 Å². The van der Waals surface area contributed by atoms with Gasteiger partial charge in [0.15, 0.2) is 6.04 Å². The Labute approximate surface area is 87.1 Å². The average molecular weight is 207 g/mol. The number of aliphatic carboxylic acids is 1. The minimum absolute atomic E-state index is 0.612. The lowest BCUT2D eigenvalue weighted by Crippen LogP contribution is -2.08. The second kappa shape index (κ2) is 4.65. The van der Waals surface area contributed by atoms with Gasteiger partial charge >= 0.3 is 5.97 Å². The second-order valence-corrected chi connectivity index (χ2v) is 3.05. The molecule has 4 heteroatoms. The molecule has 0 spiro atoms. The highest BCUT2D eigenvalue weighted by Crippen LogP contribution is 2.17. The molecule has 0 aliphatic carbocycles. The van der Waals surface area contributed by atoms with Crippen molar-refractivity contribution in [2.24, 2.45) is 4.99 Å². The number of hydrogen-bond donors (Lipinski definition) is 1. The zero-order valence-electron chi connectivity index (χ0n) is 7.60. The minimum Gasteiger partial charge on any atom is -0.479 e. The zero-order chi connectivity index (χ0) is 10.6. The van der Waals surface area contributed by atoms with Crippen molar-refractivity contribution in [1.29, 1.82) is 0 Å². The van der Waals surface area contributed by atoms with E-state index in [-0.39, 0.29) is 0 Å². The molecule has 1 aromatic rings. The van der Waals surface area contributed by atoms with Crippen molar-refractivity contribution in [1.82, 2.24) is 0 Å². The van der Waals surface area contributed by atoms with Crippen molar-refractivity contribution in [3.05, 3.63) is 35.4 Å². The first-order chi connectivity index (χ1) is 6.65. The van der Waals surface area contributed by atoms with E-state index < -0.39 is 12.0 Å². The van der Waals surface area contributed by atoms with E-state index in [2.05, 4.69) is 22.4 Å². The van der Waals surface area contributed by atoms with Gasteiger partial charge < -0.3 is 5.11 Å². The highest BCUT2D eigenvalue weighted by Gasteiger charge is 2.17. The van der Waals surface area contributed by atoms with Gasteiger partial charge in [-0.05, 0) is 24.7 Å². The molecular formula is C10H9NO2S. The van der Waals surface area contributed by atoms with Crippen LogP contribution in [-0.2, 0) is 4.79 Å². The van der Waals surface area contributed by atoms with Crippen LogP contribution in [0.3, 0.4) is 0 Å². The first-order valence-electron chi connectivity index (χ1n) is 4.01. The summed E-state index contributed by atoms with van der Waals surface area (Å²) in [4.78, 5) is 14.4. The number of rotatable bonds is 3. The molecule has 0 amide bonds. The number of aryl methyl sites for hydroxylation is 1. The molecule has 3 nitrogen and oxygen atoms in total. The Morgan fingerprint density at radius 3 is 2.50 bits per heavy atom. The molecule has 0 saturated carbocycles. The number of isothiocyanates is 1. The van der Waals surface area contributed by atoms with E-state index in [1.807, 2.05) is 19.1 Å². The van der Waals surface area contributed by atoms with Crippen molar-refractivity contribution in [3.63, 3.8) is 0 Å². The highest BCUT2D eigenvalue weighted by atomic mass is 32.1. The van der Waals surface area contributed by atoms with E-state index in [4.69, 9.17) is 5.11 Å². The number of carbonyl (C=O) groups is 1. The van der Waals surface area contributed by atoms with Crippen molar-refractivity contribution in [3.8, 4) is 0 Å². The smallest absolute Gasteiger partial charge is 0.333 e. The zero-order valence-corrected chi connectivity index (χ0v) is 8.41. The maximum atomic E-state index is 10.8. The van der Waals surface area contributed by atoms with Crippen molar-refractivity contribution < 1.29 is 9.90 Å². The van der Waals surface area contributed by atoms with Crippen LogP contribution < -0.4 is 0 Å². The van der Waals surface area contributed by atoms with Gasteiger partial charge in [0.1, 0.15) is 0 Å². The summed E-state index contributed by atoms with van der Waals surface area (Å²) in [5.41, 5.74) is 1.68. The van der Waals surface area contributed by atoms with Gasteiger partial charge in [-0.25, -0.2) is 9.79 Å². The number of hydrogen-bond acceptors (Lipinski definition) is 3. The Bertz CT molecular complexity index is 378. The van der Waals surface area contributed by atoms with E-state index in [0.717, 1.165) is 5.56 Å². The number of aliphatic imine (C=N–C) groups is 1. The molecule has 0 saturated heterocycles. The SMILES string of the molecule is Cc1ccc(C(N=C=S)C(=O)O)cc1. The first-order valence-corrected chi connectivity index (χ1v) is 4.42. The van der Waals surface area contributed by atoms with E-state index in [1.54, 1.807) is 12.1 Å². The monoisotopic (exact) mass is 207 g/mol. The van der Waals surface area contributed by atoms with Gasteiger partial charge in [0.25, 0.3) is 0 Å². The topological polar surface area (TPSA) is 49.7 Å². The summed E-state index contributed by atoms with van der Waals surface area (Å²) in [6.07, 6.45) is 0. The molecule has 0 fully saturated rings. The van der Waals surface area contributed by atoms with Crippen LogP contribution in [0.4, 0.5) is 0 Å². The quantitative estimate of drug-likeness (QED) is 0.610. The normalized spacial score (nSPS) is 11.5. The lowest BCUT2D eigenvalue weighted by Gasteiger charge is -2.05. The standard InChI is InChI=1S/C10H9NO2S/c1-7-2-4-8(5-3-7)9(10(12)13)11-6-14/h2-5,9H,1H3,(H,12,13). The highest BCUT2D eigenvalue weighted by molar-refractivity contribution is 7.78. The summed E-state index contributed by atoms with van der Waals surface area (Å²) in [6.45, 7) is 1.93. The van der Waals surface area contributed by atoms with Crippen LogP contribution in [0, 0.1) is 6.92 Å². The third kappa shape index (κ3) is 2.49. The summed E-state index contributed by atoms with van der Waals surface area (Å²) in [6, 6.07) is 6.19. The molecular weight excluding hydrogens is 198 g/mol. The molecule has 0 radical (unpaired) electrons. The summed E-state index contributed by atoms with van der Waals surface area (Å²) in [5, 5.41) is 10.9. The van der Waals surface area contributed by atoms with Gasteiger partial charge in [-0.2, -0.15) is 0 Å². The first kappa shape index (κ1) is 10.6. The summed E-state index contributed by atoms with van der Waals surface area (Å²) in [5.74, 6) is -1.02. The van der Waals surface area contributed by atoms with Crippen molar-refractivity contribution in [2.45, 2.75) is 13.0 Å². The van der Waals surface area contributed by atoms with Crippen molar-refractivity contribution in [2.75, 3.05) is 0 Å². The number of thiocarbonyl (C=S) groups is 1. The minimum atomic E-state index is -1.02. The molecule has 0 bridgehead atoms. The molecule has 0 aliphatic rings. The number of carboxylic acid groups (broad SMARTS) is 1. The average Bonchev–Trinajstić information content (AvgIpc) is 2.15. The summed E-state index contributed by atoms with van der Waals surface area (Å²) < 4.78 is 0. The van der Waals surface area contributed by atoms with Crippen LogP contribution in [0.5, 0.6) is 0 Å². The lowest BCUT2D eigenvalue weighted by atomic mass is 10.1. The third-order valence-electron chi connectivity index (χ3n) is 1.81. The Morgan fingerprint density at radius 2 is 2.07 bits per heavy atom. The third-order valence-corrected chi connectivity index (χ3v) is 1.91. The van der Waals surface area contributed by atoms with Gasteiger partial charge in [0.05, 0.1) is 5.16 Å². The number of carboxylic acids is 1. The number of nitrogens with zero attached hydrogens (tertiary/aromatic N) is 1. The fourth-order valence-electron chi connectivity index (χ4n) is 1.07. The maximum absolute atomic E-state index is 10.8. The van der Waals surface area contributed by atoms with E-state index in [1.165, 1.54) is 0 Å². The Kier molecular flexibility index (Phi) is 3.51. The largest absolute Gasteiger partial charge is 0.479 e. The summed E-state index contributed by atoms with van der Waals surface area (Å²) >= 11 is 4.39. The maximum Gasteiger partial charge on any atom is 0.333 e. The molecule has 14 heavy (non-hydrogen) atoms. The molecule has 1 aromatic carbocycles. The van der Waals surface area contributed by atoms with Crippen LogP contribution in [0.1, 0.15) is 17.2 Å². The van der Waals surface area contributed by atoms with Crippen LogP contribution >= 0.6 is 12.2 Å². The lowest BCUT2D eigenvalue weighted by molar-refractivity contribution is -0.138. The van der Waals surface area contributed by atoms with Gasteiger partial charge in [-0.15, -0.1) is 0 Å². The van der Waals surface area contributed by atoms with Crippen LogP contribution in [-0.4, -0.2) is 16.2 Å². The van der Waals surface area contributed by atoms with Crippen LogP contribution in [0.25, 0.3) is 0 Å². The number of benzene rings is 1. The molecule has 1 unspecified atom stereocenters.